The standard InChI is InChI=1S/C23H20N4O3/c1-15-10-16-6-2-4-8-19(16)23(30)27(15)14-22(29)25-13-21(28)26-18-11-17-7-3-5-9-20(17)24-12-18/h2-12H,13-14H2,1H3,(H,25,29)(H,26,28). The molecule has 2 N–H and O–H groups in total. The molecule has 4 aromatic rings. The predicted octanol–water partition coefficient (Wildman–Crippen LogP) is 2.61. The molecule has 0 radical (unpaired) electrons. The fourth-order valence-electron chi connectivity index (χ4n) is 3.35. The number of amides is 2. The molecule has 150 valence electrons. The van der Waals surface area contributed by atoms with E-state index >= 15 is 0 Å². The Morgan fingerprint density at radius 3 is 2.53 bits per heavy atom. The van der Waals surface area contributed by atoms with E-state index < -0.39 is 5.91 Å². The van der Waals surface area contributed by atoms with E-state index in [1.807, 2.05) is 48.5 Å². The molecule has 2 aromatic carbocycles. The van der Waals surface area contributed by atoms with Crippen LogP contribution in [0, 0.1) is 6.92 Å². The van der Waals surface area contributed by atoms with Crippen molar-refractivity contribution < 1.29 is 9.59 Å². The number of aryl methyl sites for hydroxylation is 1. The number of para-hydroxylation sites is 1. The van der Waals surface area contributed by atoms with Crippen LogP contribution in [0.25, 0.3) is 21.7 Å². The molecule has 2 amide bonds. The molecule has 30 heavy (non-hydrogen) atoms. The Morgan fingerprint density at radius 2 is 1.70 bits per heavy atom. The van der Waals surface area contributed by atoms with E-state index in [0.29, 0.717) is 16.8 Å². The number of hydrogen-bond donors (Lipinski definition) is 2. The molecule has 0 saturated carbocycles. The van der Waals surface area contributed by atoms with Crippen molar-refractivity contribution >= 4 is 39.2 Å². The van der Waals surface area contributed by atoms with Crippen LogP contribution >= 0.6 is 0 Å². The second-order valence-corrected chi connectivity index (χ2v) is 7.01. The maximum absolute atomic E-state index is 12.7. The van der Waals surface area contributed by atoms with Crippen molar-refractivity contribution in [3.05, 3.63) is 82.9 Å². The number of nitrogens with zero attached hydrogens (tertiary/aromatic N) is 2. The van der Waals surface area contributed by atoms with Gasteiger partial charge in [-0.1, -0.05) is 36.4 Å². The largest absolute Gasteiger partial charge is 0.345 e. The van der Waals surface area contributed by atoms with Gasteiger partial charge < -0.3 is 15.2 Å². The maximum atomic E-state index is 12.7. The van der Waals surface area contributed by atoms with E-state index in [4.69, 9.17) is 0 Å². The molecule has 2 aromatic heterocycles. The summed E-state index contributed by atoms with van der Waals surface area (Å²) in [5.41, 5.74) is 1.84. The number of anilines is 1. The summed E-state index contributed by atoms with van der Waals surface area (Å²) in [4.78, 5) is 41.5. The van der Waals surface area contributed by atoms with Crippen LogP contribution in [0.4, 0.5) is 5.69 Å². The van der Waals surface area contributed by atoms with Gasteiger partial charge in [0.15, 0.2) is 0 Å². The molecule has 0 atom stereocenters. The zero-order valence-electron chi connectivity index (χ0n) is 16.4. The summed E-state index contributed by atoms with van der Waals surface area (Å²) < 4.78 is 1.41. The third-order valence-corrected chi connectivity index (χ3v) is 4.85. The monoisotopic (exact) mass is 400 g/mol. The number of rotatable bonds is 5. The average Bonchev–Trinajstić information content (AvgIpc) is 2.75. The topological polar surface area (TPSA) is 93.1 Å². The summed E-state index contributed by atoms with van der Waals surface area (Å²) in [5.74, 6) is -0.787. The predicted molar refractivity (Wildman–Crippen MR) is 116 cm³/mol. The van der Waals surface area contributed by atoms with Gasteiger partial charge in [0.25, 0.3) is 5.56 Å². The minimum atomic E-state index is -0.415. The van der Waals surface area contributed by atoms with E-state index in [-0.39, 0.29) is 24.6 Å². The van der Waals surface area contributed by atoms with Crippen molar-refractivity contribution in [3.63, 3.8) is 0 Å². The van der Waals surface area contributed by atoms with E-state index in [9.17, 15) is 14.4 Å². The lowest BCUT2D eigenvalue weighted by atomic mass is 10.1. The normalized spacial score (nSPS) is 10.8. The fraction of sp³-hybridized carbons (Fsp3) is 0.130. The lowest BCUT2D eigenvalue weighted by Crippen LogP contribution is -2.37. The van der Waals surface area contributed by atoms with E-state index in [1.54, 1.807) is 25.3 Å². The zero-order chi connectivity index (χ0) is 21.1. The van der Waals surface area contributed by atoms with Crippen LogP contribution in [0.3, 0.4) is 0 Å². The van der Waals surface area contributed by atoms with Gasteiger partial charge in [-0.05, 0) is 36.6 Å². The number of carbonyl (C=O) groups is 2. The van der Waals surface area contributed by atoms with Crippen LogP contribution < -0.4 is 16.2 Å². The third-order valence-electron chi connectivity index (χ3n) is 4.85. The summed E-state index contributed by atoms with van der Waals surface area (Å²) in [7, 11) is 0. The third kappa shape index (κ3) is 4.05. The highest BCUT2D eigenvalue weighted by Gasteiger charge is 2.11. The van der Waals surface area contributed by atoms with Gasteiger partial charge in [0.05, 0.1) is 23.9 Å². The second kappa shape index (κ2) is 8.16. The molecule has 7 heteroatoms. The van der Waals surface area contributed by atoms with Crippen LogP contribution in [-0.2, 0) is 16.1 Å². The number of aromatic nitrogens is 2. The van der Waals surface area contributed by atoms with Crippen molar-refractivity contribution in [2.24, 2.45) is 0 Å². The quantitative estimate of drug-likeness (QED) is 0.539. The SMILES string of the molecule is Cc1cc2ccccc2c(=O)n1CC(=O)NCC(=O)Nc1cnc2ccccc2c1. The molecular weight excluding hydrogens is 380 g/mol. The first-order valence-electron chi connectivity index (χ1n) is 9.52. The van der Waals surface area contributed by atoms with Gasteiger partial charge in [0.2, 0.25) is 11.8 Å². The number of nitrogens with one attached hydrogen (secondary N) is 2. The van der Waals surface area contributed by atoms with Crippen LogP contribution in [0.1, 0.15) is 5.69 Å². The van der Waals surface area contributed by atoms with E-state index in [1.165, 1.54) is 4.57 Å². The minimum absolute atomic E-state index is 0.152. The maximum Gasteiger partial charge on any atom is 0.259 e. The van der Waals surface area contributed by atoms with Crippen LogP contribution in [0.5, 0.6) is 0 Å². The van der Waals surface area contributed by atoms with Crippen molar-refractivity contribution in [1.82, 2.24) is 14.9 Å². The highest BCUT2D eigenvalue weighted by atomic mass is 16.2. The van der Waals surface area contributed by atoms with E-state index in [2.05, 4.69) is 15.6 Å². The molecule has 0 saturated heterocycles. The number of benzene rings is 2. The Kier molecular flexibility index (Phi) is 5.26. The lowest BCUT2D eigenvalue weighted by molar-refractivity contribution is -0.124. The van der Waals surface area contributed by atoms with Gasteiger partial charge in [0, 0.05) is 16.5 Å². The van der Waals surface area contributed by atoms with Gasteiger partial charge >= 0.3 is 0 Å². The number of fused-ring (bicyclic) bond motifs is 2. The van der Waals surface area contributed by atoms with Gasteiger partial charge in [-0.15, -0.1) is 0 Å². The molecule has 0 aliphatic heterocycles. The molecule has 0 unspecified atom stereocenters. The van der Waals surface area contributed by atoms with Gasteiger partial charge in [-0.2, -0.15) is 0 Å². The van der Waals surface area contributed by atoms with Crippen LogP contribution in [0.2, 0.25) is 0 Å². The molecule has 2 heterocycles. The Balaban J connectivity index is 1.39. The lowest BCUT2D eigenvalue weighted by Gasteiger charge is -2.12. The molecule has 0 bridgehead atoms. The first kappa shape index (κ1) is 19.3. The van der Waals surface area contributed by atoms with Crippen molar-refractivity contribution in [2.75, 3.05) is 11.9 Å². The highest BCUT2D eigenvalue weighted by molar-refractivity contribution is 5.96. The second-order valence-electron chi connectivity index (χ2n) is 7.01. The highest BCUT2D eigenvalue weighted by Crippen LogP contribution is 2.16. The van der Waals surface area contributed by atoms with Gasteiger partial charge in [0.1, 0.15) is 6.54 Å². The summed E-state index contributed by atoms with van der Waals surface area (Å²) in [6, 6.07) is 18.5. The zero-order valence-corrected chi connectivity index (χ0v) is 16.4. The summed E-state index contributed by atoms with van der Waals surface area (Å²) in [6.07, 6.45) is 1.57. The molecule has 7 nitrogen and oxygen atoms in total. The van der Waals surface area contributed by atoms with Crippen molar-refractivity contribution in [2.45, 2.75) is 13.5 Å². The Bertz CT molecular complexity index is 1330. The fourth-order valence-corrected chi connectivity index (χ4v) is 3.35. The van der Waals surface area contributed by atoms with Gasteiger partial charge in [-0.3, -0.25) is 19.4 Å². The Labute approximate surface area is 172 Å². The first-order chi connectivity index (χ1) is 14.5. The Morgan fingerprint density at radius 1 is 0.967 bits per heavy atom. The van der Waals surface area contributed by atoms with Gasteiger partial charge in [-0.25, -0.2) is 0 Å². The molecule has 4 rings (SSSR count). The van der Waals surface area contributed by atoms with Crippen molar-refractivity contribution in [1.29, 1.82) is 0 Å². The number of carbonyl (C=O) groups excluding carboxylic acids is 2. The summed E-state index contributed by atoms with van der Waals surface area (Å²) >= 11 is 0. The molecule has 0 aliphatic rings. The summed E-state index contributed by atoms with van der Waals surface area (Å²) in [5, 5.41) is 7.57. The first-order valence-corrected chi connectivity index (χ1v) is 9.52. The van der Waals surface area contributed by atoms with Crippen molar-refractivity contribution in [3.8, 4) is 0 Å². The smallest absolute Gasteiger partial charge is 0.259 e. The summed E-state index contributed by atoms with van der Waals surface area (Å²) in [6.45, 7) is 1.42. The number of hydrogen-bond acceptors (Lipinski definition) is 4. The Hall–Kier alpha value is -4.00. The molecular formula is C23H20N4O3. The van der Waals surface area contributed by atoms with Crippen LogP contribution in [0.15, 0.2) is 71.7 Å². The molecule has 0 aliphatic carbocycles. The molecule has 0 spiro atoms. The molecule has 0 fully saturated rings. The average molecular weight is 400 g/mol. The van der Waals surface area contributed by atoms with E-state index in [0.717, 1.165) is 16.3 Å². The van der Waals surface area contributed by atoms with Crippen LogP contribution in [-0.4, -0.2) is 27.9 Å². The minimum Gasteiger partial charge on any atom is -0.345 e. The number of pyridine rings is 2.